The molecule has 1 rings (SSSR count). The van der Waals surface area contributed by atoms with Crippen molar-refractivity contribution in [1.29, 1.82) is 0 Å². The molecule has 0 aromatic heterocycles. The molecule has 0 aromatic rings. The van der Waals surface area contributed by atoms with Gasteiger partial charge in [-0.1, -0.05) is 11.6 Å². The Balaban J connectivity index is 2.90. The van der Waals surface area contributed by atoms with E-state index in [0.29, 0.717) is 11.3 Å². The van der Waals surface area contributed by atoms with Crippen LogP contribution in [0, 0.1) is 0 Å². The van der Waals surface area contributed by atoms with Crippen molar-refractivity contribution in [2.24, 2.45) is 0 Å². The summed E-state index contributed by atoms with van der Waals surface area (Å²) in [5, 5.41) is 0. The van der Waals surface area contributed by atoms with Gasteiger partial charge in [-0.25, -0.2) is 4.79 Å². The molecule has 0 radical (unpaired) electrons. The smallest absolute Gasteiger partial charge is 0.339 e. The molecule has 0 aliphatic carbocycles. The van der Waals surface area contributed by atoms with Crippen molar-refractivity contribution in [3.05, 3.63) is 11.3 Å². The van der Waals surface area contributed by atoms with Gasteiger partial charge in [-0.2, -0.15) is 0 Å². The highest BCUT2D eigenvalue weighted by molar-refractivity contribution is 6.23. The number of halogens is 1. The van der Waals surface area contributed by atoms with Gasteiger partial charge in [0.15, 0.2) is 5.76 Å². The van der Waals surface area contributed by atoms with Crippen LogP contribution in [0.4, 0.5) is 0 Å². The zero-order chi connectivity index (χ0) is 7.72. The molecule has 1 heterocycles. The van der Waals surface area contributed by atoms with Crippen LogP contribution in [0.5, 0.6) is 0 Å². The number of hydrogen-bond donors (Lipinski definition) is 0. The maximum Gasteiger partial charge on any atom is 0.339 e. The van der Waals surface area contributed by atoms with E-state index in [4.69, 9.17) is 16.3 Å². The first-order chi connectivity index (χ1) is 4.66. The predicted octanol–water partition coefficient (Wildman–Crippen LogP) is 1.03. The summed E-state index contributed by atoms with van der Waals surface area (Å²) in [4.78, 5) is 10.7. The third kappa shape index (κ3) is 0.968. The van der Waals surface area contributed by atoms with Crippen LogP contribution in [0.1, 0.15) is 6.92 Å². The molecule has 1 aliphatic rings. The number of methoxy groups -OCH3 is 1. The van der Waals surface area contributed by atoms with Gasteiger partial charge in [-0.3, -0.25) is 0 Å². The second-order valence-corrected chi connectivity index (χ2v) is 2.31. The van der Waals surface area contributed by atoms with E-state index in [1.807, 2.05) is 0 Å². The van der Waals surface area contributed by atoms with Crippen molar-refractivity contribution < 1.29 is 14.3 Å². The summed E-state index contributed by atoms with van der Waals surface area (Å²) in [6.45, 7) is 1.61. The summed E-state index contributed by atoms with van der Waals surface area (Å²) in [7, 11) is 1.45. The Morgan fingerprint density at radius 3 is 2.50 bits per heavy atom. The maximum absolute atomic E-state index is 10.7. The average molecular weight is 163 g/mol. The molecule has 0 bridgehead atoms. The highest BCUT2D eigenvalue weighted by atomic mass is 35.5. The zero-order valence-corrected chi connectivity index (χ0v) is 6.44. The van der Waals surface area contributed by atoms with Crippen LogP contribution in [0.2, 0.25) is 0 Å². The number of carbonyl (C=O) groups excluding carboxylic acids is 1. The molecule has 0 saturated carbocycles. The lowest BCUT2D eigenvalue weighted by atomic mass is 10.3. The average Bonchev–Trinajstić information content (AvgIpc) is 2.09. The van der Waals surface area contributed by atoms with Gasteiger partial charge in [0.25, 0.3) is 0 Å². The molecule has 0 aromatic carbocycles. The lowest BCUT2D eigenvalue weighted by Crippen LogP contribution is -2.03. The van der Waals surface area contributed by atoms with Crippen LogP contribution in [0.3, 0.4) is 0 Å². The minimum atomic E-state index is -0.738. The van der Waals surface area contributed by atoms with E-state index in [0.717, 1.165) is 0 Å². The third-order valence-corrected chi connectivity index (χ3v) is 1.60. The Kier molecular flexibility index (Phi) is 1.85. The fourth-order valence-corrected chi connectivity index (χ4v) is 1.09. The van der Waals surface area contributed by atoms with Gasteiger partial charge in [-0.05, 0) is 6.92 Å². The Morgan fingerprint density at radius 1 is 1.70 bits per heavy atom. The molecule has 1 atom stereocenters. The van der Waals surface area contributed by atoms with Crippen LogP contribution in [0.25, 0.3) is 0 Å². The normalized spacial score (nSPS) is 25.1. The first-order valence-electron chi connectivity index (χ1n) is 2.76. The highest BCUT2D eigenvalue weighted by Gasteiger charge is 2.30. The fraction of sp³-hybridized carbons (Fsp3) is 0.500. The van der Waals surface area contributed by atoms with Crippen molar-refractivity contribution >= 4 is 17.6 Å². The highest BCUT2D eigenvalue weighted by Crippen LogP contribution is 2.24. The molecule has 56 valence electrons. The molecule has 0 amide bonds. The summed E-state index contributed by atoms with van der Waals surface area (Å²) in [5.74, 6) is 0.00326. The summed E-state index contributed by atoms with van der Waals surface area (Å²) in [5.41, 5.74) is -0.292. The Hall–Kier alpha value is -0.700. The maximum atomic E-state index is 10.7. The van der Waals surface area contributed by atoms with Gasteiger partial charge in [0.05, 0.1) is 12.7 Å². The van der Waals surface area contributed by atoms with Gasteiger partial charge < -0.3 is 9.47 Å². The number of cyclic esters (lactones) is 1. The van der Waals surface area contributed by atoms with E-state index in [1.54, 1.807) is 6.92 Å². The van der Waals surface area contributed by atoms with Gasteiger partial charge in [0.2, 0.25) is 5.56 Å². The van der Waals surface area contributed by atoms with Gasteiger partial charge >= 0.3 is 5.97 Å². The molecule has 0 spiro atoms. The van der Waals surface area contributed by atoms with Crippen molar-refractivity contribution in [1.82, 2.24) is 0 Å². The number of carbonyl (C=O) groups is 1. The second-order valence-electron chi connectivity index (χ2n) is 1.91. The number of hydrogen-bond acceptors (Lipinski definition) is 3. The van der Waals surface area contributed by atoms with Crippen molar-refractivity contribution in [3.8, 4) is 0 Å². The molecule has 3 nitrogen and oxygen atoms in total. The lowest BCUT2D eigenvalue weighted by molar-refractivity contribution is -0.137. The Labute approximate surface area is 63.6 Å². The molecule has 10 heavy (non-hydrogen) atoms. The van der Waals surface area contributed by atoms with Crippen LogP contribution in [0.15, 0.2) is 11.3 Å². The predicted molar refractivity (Wildman–Crippen MR) is 35.4 cm³/mol. The van der Waals surface area contributed by atoms with Crippen molar-refractivity contribution in [3.63, 3.8) is 0 Å². The van der Waals surface area contributed by atoms with E-state index in [9.17, 15) is 4.79 Å². The summed E-state index contributed by atoms with van der Waals surface area (Å²) in [6.07, 6.45) is 0. The second kappa shape index (κ2) is 2.50. The molecule has 0 N–H and O–H groups in total. The first-order valence-corrected chi connectivity index (χ1v) is 3.20. The number of ether oxygens (including phenoxy) is 2. The molecule has 4 heteroatoms. The molecule has 0 fully saturated rings. The van der Waals surface area contributed by atoms with Crippen LogP contribution >= 0.6 is 11.6 Å². The number of alkyl halides is 1. The molecule has 1 aliphatic heterocycles. The number of rotatable bonds is 1. The lowest BCUT2D eigenvalue weighted by Gasteiger charge is -2.02. The monoisotopic (exact) mass is 162 g/mol. The van der Waals surface area contributed by atoms with E-state index in [2.05, 4.69) is 4.74 Å². The van der Waals surface area contributed by atoms with Crippen LogP contribution in [-0.4, -0.2) is 18.6 Å². The fourth-order valence-electron chi connectivity index (χ4n) is 0.752. The van der Waals surface area contributed by atoms with E-state index >= 15 is 0 Å². The van der Waals surface area contributed by atoms with Crippen LogP contribution < -0.4 is 0 Å². The standard InChI is InChI=1S/C6H7ClO3/c1-3-4(9-2)5(7)10-6(3)8/h5H,1-2H3. The van der Waals surface area contributed by atoms with E-state index in [1.165, 1.54) is 7.11 Å². The van der Waals surface area contributed by atoms with Crippen molar-refractivity contribution in [2.75, 3.05) is 7.11 Å². The SMILES string of the molecule is COC1=C(C)C(=O)OC1Cl. The minimum absolute atomic E-state index is 0.406. The zero-order valence-electron chi connectivity index (χ0n) is 5.68. The van der Waals surface area contributed by atoms with Gasteiger partial charge in [-0.15, -0.1) is 0 Å². The minimum Gasteiger partial charge on any atom is -0.495 e. The quantitative estimate of drug-likeness (QED) is 0.427. The summed E-state index contributed by atoms with van der Waals surface area (Å²) >= 11 is 5.54. The molecule has 1 unspecified atom stereocenters. The third-order valence-electron chi connectivity index (χ3n) is 1.31. The topological polar surface area (TPSA) is 35.5 Å². The molecular weight excluding hydrogens is 156 g/mol. The van der Waals surface area contributed by atoms with Gasteiger partial charge in [0, 0.05) is 0 Å². The molecular formula is C6H7ClO3. The van der Waals surface area contributed by atoms with Crippen molar-refractivity contribution in [2.45, 2.75) is 12.5 Å². The Morgan fingerprint density at radius 2 is 2.30 bits per heavy atom. The summed E-state index contributed by atoms with van der Waals surface area (Å²) < 4.78 is 9.41. The van der Waals surface area contributed by atoms with Crippen LogP contribution in [-0.2, 0) is 14.3 Å². The number of esters is 1. The Bertz CT molecular complexity index is 197. The van der Waals surface area contributed by atoms with E-state index < -0.39 is 11.5 Å². The van der Waals surface area contributed by atoms with E-state index in [-0.39, 0.29) is 0 Å². The first kappa shape index (κ1) is 7.41. The largest absolute Gasteiger partial charge is 0.495 e. The van der Waals surface area contributed by atoms with Gasteiger partial charge in [0.1, 0.15) is 0 Å². The molecule has 0 saturated heterocycles. The summed E-state index contributed by atoms with van der Waals surface area (Å²) in [6, 6.07) is 0.